The molecule has 1 amide bonds. The van der Waals surface area contributed by atoms with Gasteiger partial charge in [-0.25, -0.2) is 4.98 Å². The Bertz CT molecular complexity index is 875. The van der Waals surface area contributed by atoms with Crippen molar-refractivity contribution in [1.29, 1.82) is 0 Å². The number of nitrogens with zero attached hydrogens (tertiary/aromatic N) is 1. The second-order valence-electron chi connectivity index (χ2n) is 4.66. The van der Waals surface area contributed by atoms with E-state index < -0.39 is 11.7 Å². The number of halogens is 4. The van der Waals surface area contributed by atoms with Crippen molar-refractivity contribution in [2.45, 2.75) is 6.18 Å². The highest BCUT2D eigenvalue weighted by atomic mass is 79.9. The van der Waals surface area contributed by atoms with E-state index >= 15 is 0 Å². The van der Waals surface area contributed by atoms with Gasteiger partial charge in [-0.2, -0.15) is 13.2 Å². The quantitative estimate of drug-likeness (QED) is 0.631. The van der Waals surface area contributed by atoms with Crippen LogP contribution in [0.3, 0.4) is 0 Å². The number of thiazole rings is 1. The van der Waals surface area contributed by atoms with Gasteiger partial charge in [0.1, 0.15) is 0 Å². The summed E-state index contributed by atoms with van der Waals surface area (Å²) in [5.41, 5.74) is 0.108. The van der Waals surface area contributed by atoms with Gasteiger partial charge in [0.15, 0.2) is 5.13 Å². The Balaban J connectivity index is 1.86. The molecule has 0 aliphatic carbocycles. The number of alkyl halides is 3. The van der Waals surface area contributed by atoms with E-state index in [0.717, 1.165) is 27.9 Å². The molecule has 3 rings (SSSR count). The van der Waals surface area contributed by atoms with Crippen LogP contribution in [0.1, 0.15) is 15.9 Å². The molecule has 1 aromatic heterocycles. The topological polar surface area (TPSA) is 42.0 Å². The Labute approximate surface area is 141 Å². The van der Waals surface area contributed by atoms with Crippen molar-refractivity contribution >= 4 is 48.5 Å². The third-order valence-corrected chi connectivity index (χ3v) is 4.50. The minimum Gasteiger partial charge on any atom is -0.298 e. The summed E-state index contributed by atoms with van der Waals surface area (Å²) in [5, 5.41) is 2.85. The third kappa shape index (κ3) is 3.53. The average molecular weight is 401 g/mol. The van der Waals surface area contributed by atoms with Gasteiger partial charge in [-0.3, -0.25) is 10.1 Å². The molecule has 1 heterocycles. The molecule has 0 saturated heterocycles. The molecule has 3 aromatic rings. The largest absolute Gasteiger partial charge is 0.416 e. The Morgan fingerprint density at radius 3 is 2.48 bits per heavy atom. The van der Waals surface area contributed by atoms with Gasteiger partial charge in [0.2, 0.25) is 0 Å². The maximum Gasteiger partial charge on any atom is 0.416 e. The molecule has 0 saturated carbocycles. The van der Waals surface area contributed by atoms with Crippen LogP contribution in [0.2, 0.25) is 0 Å². The Morgan fingerprint density at radius 1 is 1.13 bits per heavy atom. The molecule has 0 unspecified atom stereocenters. The van der Waals surface area contributed by atoms with Gasteiger partial charge in [0.25, 0.3) is 5.91 Å². The molecule has 8 heteroatoms. The lowest BCUT2D eigenvalue weighted by atomic mass is 10.2. The molecule has 0 aliphatic heterocycles. The number of hydrogen-bond donors (Lipinski definition) is 1. The van der Waals surface area contributed by atoms with Gasteiger partial charge >= 0.3 is 6.18 Å². The second kappa shape index (κ2) is 5.93. The van der Waals surface area contributed by atoms with Crippen molar-refractivity contribution < 1.29 is 18.0 Å². The first-order valence-electron chi connectivity index (χ1n) is 6.37. The number of anilines is 1. The van der Waals surface area contributed by atoms with Gasteiger partial charge in [-0.1, -0.05) is 27.3 Å². The van der Waals surface area contributed by atoms with Gasteiger partial charge in [-0.05, 0) is 42.5 Å². The first-order valence-corrected chi connectivity index (χ1v) is 7.98. The van der Waals surface area contributed by atoms with Crippen molar-refractivity contribution in [3.05, 3.63) is 58.1 Å². The molecule has 0 radical (unpaired) electrons. The van der Waals surface area contributed by atoms with Crippen LogP contribution in [-0.2, 0) is 6.18 Å². The summed E-state index contributed by atoms with van der Waals surface area (Å²) in [5.74, 6) is -0.368. The fraction of sp³-hybridized carbons (Fsp3) is 0.0667. The van der Waals surface area contributed by atoms with E-state index in [2.05, 4.69) is 26.2 Å². The SMILES string of the molecule is O=C(Nc1nc2ccc(C(F)(F)F)cc2s1)c1ccc(Br)cc1. The summed E-state index contributed by atoms with van der Waals surface area (Å²) >= 11 is 4.27. The van der Waals surface area contributed by atoms with Crippen molar-refractivity contribution in [1.82, 2.24) is 4.98 Å². The Morgan fingerprint density at radius 2 is 1.83 bits per heavy atom. The Hall–Kier alpha value is -1.93. The fourth-order valence-electron chi connectivity index (χ4n) is 1.92. The summed E-state index contributed by atoms with van der Waals surface area (Å²) in [4.78, 5) is 16.2. The zero-order chi connectivity index (χ0) is 16.6. The van der Waals surface area contributed by atoms with Crippen molar-refractivity contribution in [2.75, 3.05) is 5.32 Å². The number of fused-ring (bicyclic) bond motifs is 1. The molecule has 3 nitrogen and oxygen atoms in total. The smallest absolute Gasteiger partial charge is 0.298 e. The van der Waals surface area contributed by atoms with E-state index in [9.17, 15) is 18.0 Å². The van der Waals surface area contributed by atoms with Gasteiger partial charge < -0.3 is 0 Å². The zero-order valence-corrected chi connectivity index (χ0v) is 13.7. The third-order valence-electron chi connectivity index (χ3n) is 3.04. The number of benzene rings is 2. The molecule has 0 atom stereocenters. The summed E-state index contributed by atoms with van der Waals surface area (Å²) in [6, 6.07) is 10.0. The first kappa shape index (κ1) is 15.9. The molecular formula is C15H8BrF3N2OS. The lowest BCUT2D eigenvalue weighted by Crippen LogP contribution is -2.11. The van der Waals surface area contributed by atoms with Crippen LogP contribution in [-0.4, -0.2) is 10.9 Å². The van der Waals surface area contributed by atoms with Crippen molar-refractivity contribution in [2.24, 2.45) is 0 Å². The number of carbonyl (C=O) groups excluding carboxylic acids is 1. The number of nitrogens with one attached hydrogen (secondary N) is 1. The van der Waals surface area contributed by atoms with E-state index in [1.807, 2.05) is 0 Å². The van der Waals surface area contributed by atoms with Crippen LogP contribution in [0.25, 0.3) is 10.2 Å². The van der Waals surface area contributed by atoms with E-state index in [1.165, 1.54) is 6.07 Å². The predicted molar refractivity (Wildman–Crippen MR) is 86.7 cm³/mol. The number of amides is 1. The number of hydrogen-bond acceptors (Lipinski definition) is 3. The average Bonchev–Trinajstić information content (AvgIpc) is 2.88. The summed E-state index contributed by atoms with van der Waals surface area (Å²) in [6.45, 7) is 0. The Kier molecular flexibility index (Phi) is 4.11. The highest BCUT2D eigenvalue weighted by Gasteiger charge is 2.30. The summed E-state index contributed by atoms with van der Waals surface area (Å²) in [7, 11) is 0. The van der Waals surface area contributed by atoms with E-state index in [4.69, 9.17) is 0 Å². The molecule has 118 valence electrons. The highest BCUT2D eigenvalue weighted by Crippen LogP contribution is 2.34. The van der Waals surface area contributed by atoms with Crippen LogP contribution in [0, 0.1) is 0 Å². The maximum atomic E-state index is 12.7. The van der Waals surface area contributed by atoms with Crippen molar-refractivity contribution in [3.63, 3.8) is 0 Å². The van der Waals surface area contributed by atoms with Crippen LogP contribution >= 0.6 is 27.3 Å². The molecule has 2 aromatic carbocycles. The lowest BCUT2D eigenvalue weighted by Gasteiger charge is -2.04. The summed E-state index contributed by atoms with van der Waals surface area (Å²) in [6.07, 6.45) is -4.40. The van der Waals surface area contributed by atoms with Crippen molar-refractivity contribution in [3.8, 4) is 0 Å². The zero-order valence-electron chi connectivity index (χ0n) is 11.3. The van der Waals surface area contributed by atoms with Crippen LogP contribution in [0.15, 0.2) is 46.9 Å². The summed E-state index contributed by atoms with van der Waals surface area (Å²) < 4.78 is 39.3. The minimum absolute atomic E-state index is 0.257. The fourth-order valence-corrected chi connectivity index (χ4v) is 3.09. The molecule has 1 N–H and O–H groups in total. The molecule has 0 bridgehead atoms. The van der Waals surface area contributed by atoms with E-state index in [-0.39, 0.29) is 11.0 Å². The first-order chi connectivity index (χ1) is 10.8. The monoisotopic (exact) mass is 400 g/mol. The second-order valence-corrected chi connectivity index (χ2v) is 6.61. The van der Waals surface area contributed by atoms with Crippen LogP contribution in [0.4, 0.5) is 18.3 Å². The molecule has 0 spiro atoms. The van der Waals surface area contributed by atoms with Crippen LogP contribution in [0.5, 0.6) is 0 Å². The van der Waals surface area contributed by atoms with Gasteiger partial charge in [-0.15, -0.1) is 0 Å². The lowest BCUT2D eigenvalue weighted by molar-refractivity contribution is -0.137. The molecule has 23 heavy (non-hydrogen) atoms. The number of rotatable bonds is 2. The van der Waals surface area contributed by atoms with Gasteiger partial charge in [0.05, 0.1) is 15.8 Å². The molecule has 0 aliphatic rings. The number of aromatic nitrogens is 1. The maximum absolute atomic E-state index is 12.7. The molecular weight excluding hydrogens is 393 g/mol. The normalized spacial score (nSPS) is 11.7. The number of carbonyl (C=O) groups is 1. The molecule has 0 fully saturated rings. The standard InChI is InChI=1S/C15H8BrF3N2OS/c16-10-4-1-8(2-5-10)13(22)21-14-20-11-6-3-9(15(17,18)19)7-12(11)23-14/h1-7H,(H,20,21,22). The minimum atomic E-state index is -4.40. The predicted octanol–water partition coefficient (Wildman–Crippen LogP) is 5.33. The van der Waals surface area contributed by atoms with E-state index in [0.29, 0.717) is 15.8 Å². The van der Waals surface area contributed by atoms with Gasteiger partial charge in [0, 0.05) is 10.0 Å². The highest BCUT2D eigenvalue weighted by molar-refractivity contribution is 9.10. The van der Waals surface area contributed by atoms with Crippen LogP contribution < -0.4 is 5.32 Å². The van der Waals surface area contributed by atoms with E-state index in [1.54, 1.807) is 24.3 Å².